The van der Waals surface area contributed by atoms with Gasteiger partial charge in [0.25, 0.3) is 5.56 Å². The van der Waals surface area contributed by atoms with Crippen LogP contribution in [0, 0.1) is 10.1 Å². The van der Waals surface area contributed by atoms with Crippen LogP contribution in [-0.4, -0.2) is 39.5 Å². The Labute approximate surface area is 174 Å². The van der Waals surface area contributed by atoms with E-state index in [9.17, 15) is 24.5 Å². The molecule has 0 unspecified atom stereocenters. The number of fused-ring (bicyclic) bond motifs is 1. The third-order valence-corrected chi connectivity index (χ3v) is 4.21. The summed E-state index contributed by atoms with van der Waals surface area (Å²) in [6.45, 7) is 3.19. The highest BCUT2D eigenvalue weighted by Crippen LogP contribution is 2.28. The van der Waals surface area contributed by atoms with Crippen molar-refractivity contribution in [3.63, 3.8) is 0 Å². The Hall–Kier alpha value is -4.28. The summed E-state index contributed by atoms with van der Waals surface area (Å²) in [5.74, 6) is -0.791. The second kappa shape index (κ2) is 9.03. The van der Waals surface area contributed by atoms with Gasteiger partial charge in [-0.1, -0.05) is 12.1 Å². The molecule has 11 heteroatoms. The van der Waals surface area contributed by atoms with Crippen LogP contribution in [0.4, 0.5) is 5.69 Å². The predicted molar refractivity (Wildman–Crippen MR) is 112 cm³/mol. The van der Waals surface area contributed by atoms with Gasteiger partial charge >= 0.3 is 17.3 Å². The van der Waals surface area contributed by atoms with Crippen LogP contribution in [0.25, 0.3) is 10.9 Å². The number of benzene rings is 2. The van der Waals surface area contributed by atoms with Gasteiger partial charge in [0.15, 0.2) is 11.9 Å². The molecule has 0 saturated heterocycles. The number of aromatic amines is 1. The monoisotopic (exact) mass is 426 g/mol. The van der Waals surface area contributed by atoms with E-state index < -0.39 is 33.9 Å². The summed E-state index contributed by atoms with van der Waals surface area (Å²) in [5, 5.41) is 15.6. The number of aromatic nitrogens is 2. The second-order valence-electron chi connectivity index (χ2n) is 6.33. The summed E-state index contributed by atoms with van der Waals surface area (Å²) in [6, 6.07) is 10.3. The number of hydrogen-bond acceptors (Lipinski definition) is 8. The molecule has 1 atom stereocenters. The summed E-state index contributed by atoms with van der Waals surface area (Å²) < 4.78 is 10.8. The zero-order valence-electron chi connectivity index (χ0n) is 16.6. The average molecular weight is 426 g/mol. The number of para-hydroxylation sites is 1. The number of rotatable bonds is 7. The predicted octanol–water partition coefficient (Wildman–Crippen LogP) is 1.81. The number of ether oxygens (including phenoxy) is 2. The average Bonchev–Trinajstić information content (AvgIpc) is 2.74. The molecule has 0 spiro atoms. The molecule has 31 heavy (non-hydrogen) atoms. The molecule has 0 bridgehead atoms. The van der Waals surface area contributed by atoms with Gasteiger partial charge in [0.2, 0.25) is 0 Å². The maximum absolute atomic E-state index is 12.5. The van der Waals surface area contributed by atoms with E-state index in [4.69, 9.17) is 9.47 Å². The lowest BCUT2D eigenvalue weighted by Gasteiger charge is -2.13. The van der Waals surface area contributed by atoms with Crippen molar-refractivity contribution >= 4 is 28.8 Å². The fraction of sp³-hybridized carbons (Fsp3) is 0.200. The number of carbonyl (C=O) groups excluding carboxylic acids is 1. The van der Waals surface area contributed by atoms with E-state index in [2.05, 4.69) is 10.1 Å². The lowest BCUT2D eigenvalue weighted by molar-refractivity contribution is -0.386. The number of hydrogen-bond donors (Lipinski definition) is 1. The molecule has 1 heterocycles. The second-order valence-corrected chi connectivity index (χ2v) is 6.33. The zero-order chi connectivity index (χ0) is 22.5. The van der Waals surface area contributed by atoms with Gasteiger partial charge < -0.3 is 14.5 Å². The van der Waals surface area contributed by atoms with Crippen molar-refractivity contribution in [2.75, 3.05) is 6.61 Å². The molecule has 1 N–H and O–H groups in total. The SMILES string of the molecule is CCOC(=O)[C@@H](C)Oc1ccc(C=Nn2c(=O)[nH]c3ccccc3c2=O)cc1[N+](=O)[O-]. The topological polar surface area (TPSA) is 146 Å². The molecule has 3 rings (SSSR count). The molecule has 0 aliphatic heterocycles. The molecular weight excluding hydrogens is 408 g/mol. The van der Waals surface area contributed by atoms with Crippen LogP contribution < -0.4 is 16.0 Å². The summed E-state index contributed by atoms with van der Waals surface area (Å²) in [5.41, 5.74) is -1.19. The molecule has 0 fully saturated rings. The molecular formula is C20H18N4O7. The van der Waals surface area contributed by atoms with Gasteiger partial charge in [-0.2, -0.15) is 5.10 Å². The summed E-state index contributed by atoms with van der Waals surface area (Å²) in [7, 11) is 0. The standard InChI is InChI=1S/C20H18N4O7/c1-3-30-19(26)12(2)31-17-9-8-13(10-16(17)24(28)29)11-21-23-18(25)14-6-4-5-7-15(14)22-20(23)27/h4-12H,3H2,1-2H3,(H,22,27)/t12-/m1/s1. The van der Waals surface area contributed by atoms with Crippen LogP contribution in [0.3, 0.4) is 0 Å². The highest BCUT2D eigenvalue weighted by molar-refractivity contribution is 5.82. The third-order valence-electron chi connectivity index (χ3n) is 4.21. The number of nitrogens with zero attached hydrogens (tertiary/aromatic N) is 3. The van der Waals surface area contributed by atoms with Crippen molar-refractivity contribution in [3.05, 3.63) is 79.0 Å². The van der Waals surface area contributed by atoms with E-state index in [0.29, 0.717) is 10.2 Å². The van der Waals surface area contributed by atoms with Gasteiger partial charge in [0.1, 0.15) is 0 Å². The van der Waals surface area contributed by atoms with Gasteiger partial charge in [0, 0.05) is 11.6 Å². The molecule has 3 aromatic rings. The van der Waals surface area contributed by atoms with Gasteiger partial charge in [-0.15, -0.1) is 4.68 Å². The Morgan fingerprint density at radius 2 is 2.03 bits per heavy atom. The minimum absolute atomic E-state index is 0.136. The fourth-order valence-electron chi connectivity index (χ4n) is 2.74. The van der Waals surface area contributed by atoms with Gasteiger partial charge in [-0.05, 0) is 38.1 Å². The molecule has 1 aromatic heterocycles. The van der Waals surface area contributed by atoms with E-state index in [1.165, 1.54) is 19.1 Å². The first kappa shape index (κ1) is 21.4. The van der Waals surface area contributed by atoms with Gasteiger partial charge in [0.05, 0.1) is 28.6 Å². The summed E-state index contributed by atoms with van der Waals surface area (Å²) in [6.07, 6.45) is 0.0876. The quantitative estimate of drug-likeness (QED) is 0.262. The number of nitro benzene ring substituents is 1. The Kier molecular flexibility index (Phi) is 6.24. The molecule has 0 amide bonds. The van der Waals surface area contributed by atoms with Crippen molar-refractivity contribution in [2.24, 2.45) is 5.10 Å². The lowest BCUT2D eigenvalue weighted by atomic mass is 10.2. The van der Waals surface area contributed by atoms with E-state index >= 15 is 0 Å². The number of esters is 1. The number of nitro groups is 1. The minimum atomic E-state index is -1.05. The molecule has 0 aliphatic rings. The summed E-state index contributed by atoms with van der Waals surface area (Å²) >= 11 is 0. The zero-order valence-corrected chi connectivity index (χ0v) is 16.6. The largest absolute Gasteiger partial charge is 0.472 e. The smallest absolute Gasteiger partial charge is 0.349 e. The van der Waals surface area contributed by atoms with Crippen LogP contribution in [0.1, 0.15) is 19.4 Å². The maximum atomic E-state index is 12.5. The normalized spacial score (nSPS) is 12.1. The molecule has 2 aromatic carbocycles. The van der Waals surface area contributed by atoms with Crippen LogP contribution in [0.15, 0.2) is 57.2 Å². The van der Waals surface area contributed by atoms with Crippen molar-refractivity contribution in [3.8, 4) is 5.75 Å². The Morgan fingerprint density at radius 3 is 2.74 bits per heavy atom. The van der Waals surface area contributed by atoms with Crippen LogP contribution >= 0.6 is 0 Å². The molecule has 0 radical (unpaired) electrons. The number of nitrogens with one attached hydrogen (secondary N) is 1. The summed E-state index contributed by atoms with van der Waals surface area (Å²) in [4.78, 5) is 49.7. The first-order valence-corrected chi connectivity index (χ1v) is 9.22. The maximum Gasteiger partial charge on any atom is 0.349 e. The minimum Gasteiger partial charge on any atom is -0.472 e. The van der Waals surface area contributed by atoms with Crippen molar-refractivity contribution in [2.45, 2.75) is 20.0 Å². The lowest BCUT2D eigenvalue weighted by Crippen LogP contribution is -2.32. The Balaban J connectivity index is 1.93. The molecule has 0 saturated carbocycles. The fourth-order valence-corrected chi connectivity index (χ4v) is 2.74. The van der Waals surface area contributed by atoms with E-state index in [1.807, 2.05) is 0 Å². The highest BCUT2D eigenvalue weighted by atomic mass is 16.6. The Morgan fingerprint density at radius 1 is 1.29 bits per heavy atom. The number of H-pyrrole nitrogens is 1. The van der Waals surface area contributed by atoms with Crippen molar-refractivity contribution in [1.82, 2.24) is 9.66 Å². The van der Waals surface area contributed by atoms with Gasteiger partial charge in [-0.3, -0.25) is 14.9 Å². The first-order valence-electron chi connectivity index (χ1n) is 9.22. The number of carbonyl (C=O) groups is 1. The third kappa shape index (κ3) is 4.66. The van der Waals surface area contributed by atoms with Crippen LogP contribution in [0.5, 0.6) is 5.75 Å². The van der Waals surface area contributed by atoms with Crippen molar-refractivity contribution < 1.29 is 19.2 Å². The molecule has 160 valence electrons. The van der Waals surface area contributed by atoms with Gasteiger partial charge in [-0.25, -0.2) is 9.59 Å². The van der Waals surface area contributed by atoms with Crippen LogP contribution in [-0.2, 0) is 9.53 Å². The van der Waals surface area contributed by atoms with E-state index in [0.717, 1.165) is 12.3 Å². The van der Waals surface area contributed by atoms with Crippen LogP contribution in [0.2, 0.25) is 0 Å². The first-order chi connectivity index (χ1) is 14.8. The van der Waals surface area contributed by atoms with E-state index in [-0.39, 0.29) is 23.3 Å². The van der Waals surface area contributed by atoms with Crippen molar-refractivity contribution in [1.29, 1.82) is 0 Å². The highest BCUT2D eigenvalue weighted by Gasteiger charge is 2.22. The molecule has 11 nitrogen and oxygen atoms in total. The molecule has 0 aliphatic carbocycles. The van der Waals surface area contributed by atoms with E-state index in [1.54, 1.807) is 31.2 Å². The Bertz CT molecular complexity index is 1290.